The van der Waals surface area contributed by atoms with Crippen molar-refractivity contribution in [2.24, 2.45) is 5.73 Å². The van der Waals surface area contributed by atoms with Crippen LogP contribution >= 0.6 is 12.2 Å². The summed E-state index contributed by atoms with van der Waals surface area (Å²) in [5.74, 6) is -0.364. The molecule has 20 heavy (non-hydrogen) atoms. The molecule has 0 spiro atoms. The molecule has 0 amide bonds. The monoisotopic (exact) mass is 296 g/mol. The van der Waals surface area contributed by atoms with Gasteiger partial charge in [0, 0.05) is 25.2 Å². The first-order valence-electron chi connectivity index (χ1n) is 6.75. The zero-order valence-corrected chi connectivity index (χ0v) is 13.0. The molecule has 1 aliphatic rings. The van der Waals surface area contributed by atoms with E-state index in [9.17, 15) is 4.39 Å². The third kappa shape index (κ3) is 3.75. The van der Waals surface area contributed by atoms with Gasteiger partial charge in [-0.25, -0.2) is 4.39 Å². The third-order valence-corrected chi connectivity index (χ3v) is 3.56. The van der Waals surface area contributed by atoms with Crippen LogP contribution in [0.1, 0.15) is 31.9 Å². The molecular weight excluding hydrogens is 275 g/mol. The second-order valence-electron chi connectivity index (χ2n) is 6.04. The molecule has 1 aromatic carbocycles. The second-order valence-corrected chi connectivity index (χ2v) is 6.48. The van der Waals surface area contributed by atoms with Crippen molar-refractivity contribution in [2.75, 3.05) is 13.1 Å². The first kappa shape index (κ1) is 15.4. The Morgan fingerprint density at radius 2 is 2.25 bits per heavy atom. The fourth-order valence-corrected chi connectivity index (χ4v) is 2.98. The van der Waals surface area contributed by atoms with Gasteiger partial charge in [-0.15, -0.1) is 0 Å². The number of ether oxygens (including phenoxy) is 1. The maximum absolute atomic E-state index is 13.6. The van der Waals surface area contributed by atoms with E-state index in [2.05, 4.69) is 25.7 Å². The highest BCUT2D eigenvalue weighted by molar-refractivity contribution is 7.80. The highest BCUT2D eigenvalue weighted by Crippen LogP contribution is 2.22. The van der Waals surface area contributed by atoms with Crippen molar-refractivity contribution in [3.05, 3.63) is 35.1 Å². The Morgan fingerprint density at radius 3 is 2.85 bits per heavy atom. The van der Waals surface area contributed by atoms with E-state index in [0.29, 0.717) is 5.56 Å². The van der Waals surface area contributed by atoms with Gasteiger partial charge < -0.3 is 10.5 Å². The Labute approximate surface area is 124 Å². The molecule has 0 aliphatic carbocycles. The normalized spacial score (nSPS) is 22.7. The topological polar surface area (TPSA) is 38.5 Å². The van der Waals surface area contributed by atoms with E-state index in [1.165, 1.54) is 6.07 Å². The van der Waals surface area contributed by atoms with Crippen LogP contribution in [-0.2, 0) is 11.3 Å². The number of nitrogens with zero attached hydrogens (tertiary/aromatic N) is 1. The number of nitrogens with two attached hydrogens (primary N) is 1. The summed E-state index contributed by atoms with van der Waals surface area (Å²) in [5, 5.41) is 0. The predicted octanol–water partition coefficient (Wildman–Crippen LogP) is 2.46. The number of benzene rings is 1. The molecule has 0 aromatic heterocycles. The van der Waals surface area contributed by atoms with Crippen LogP contribution in [0.5, 0.6) is 0 Å². The number of hydrogen-bond acceptors (Lipinski definition) is 3. The van der Waals surface area contributed by atoms with Crippen LogP contribution in [0.2, 0.25) is 0 Å². The van der Waals surface area contributed by atoms with Crippen molar-refractivity contribution in [2.45, 2.75) is 39.0 Å². The maximum atomic E-state index is 13.6. The molecular formula is C15H21FN2OS. The Hall–Kier alpha value is -1.04. The molecule has 1 aliphatic heterocycles. The molecule has 0 radical (unpaired) electrons. The Bertz CT molecular complexity index is 519. The van der Waals surface area contributed by atoms with Gasteiger partial charge in [-0.3, -0.25) is 4.90 Å². The Morgan fingerprint density at radius 1 is 1.55 bits per heavy atom. The van der Waals surface area contributed by atoms with E-state index in [1.54, 1.807) is 12.1 Å². The van der Waals surface area contributed by atoms with Gasteiger partial charge in [-0.05, 0) is 38.5 Å². The molecule has 1 fully saturated rings. The summed E-state index contributed by atoms with van der Waals surface area (Å²) in [4.78, 5) is 2.41. The summed E-state index contributed by atoms with van der Waals surface area (Å²) in [6, 6.07) is 4.95. The predicted molar refractivity (Wildman–Crippen MR) is 82.2 cm³/mol. The molecule has 1 heterocycles. The molecule has 3 nitrogen and oxygen atoms in total. The number of halogens is 1. The minimum atomic E-state index is -0.364. The number of morpholine rings is 1. The number of thiocarbonyl (C=S) groups is 1. The lowest BCUT2D eigenvalue weighted by Gasteiger charge is -2.41. The van der Waals surface area contributed by atoms with E-state index >= 15 is 0 Å². The van der Waals surface area contributed by atoms with Crippen LogP contribution in [0.4, 0.5) is 4.39 Å². The fourth-order valence-electron chi connectivity index (χ4n) is 2.82. The molecule has 1 saturated heterocycles. The second kappa shape index (κ2) is 5.76. The number of hydrogen-bond donors (Lipinski definition) is 1. The van der Waals surface area contributed by atoms with Gasteiger partial charge in [-0.1, -0.05) is 18.3 Å². The SMILES string of the molecule is CC1CN(Cc2ccc(F)c(C(N)=S)c2)CC(C)(C)O1. The minimum absolute atomic E-state index is 0.0972. The van der Waals surface area contributed by atoms with Crippen LogP contribution in [0.15, 0.2) is 18.2 Å². The van der Waals surface area contributed by atoms with Gasteiger partial charge in [0.25, 0.3) is 0 Å². The zero-order valence-electron chi connectivity index (χ0n) is 12.1. The van der Waals surface area contributed by atoms with Gasteiger partial charge in [0.05, 0.1) is 11.7 Å². The van der Waals surface area contributed by atoms with E-state index in [0.717, 1.165) is 25.2 Å². The smallest absolute Gasteiger partial charge is 0.133 e. The fraction of sp³-hybridized carbons (Fsp3) is 0.533. The Balaban J connectivity index is 2.14. The first-order chi connectivity index (χ1) is 9.27. The summed E-state index contributed by atoms with van der Waals surface area (Å²) in [7, 11) is 0. The van der Waals surface area contributed by atoms with Crippen LogP contribution in [-0.4, -0.2) is 34.7 Å². The lowest BCUT2D eigenvalue weighted by molar-refractivity contribution is -0.130. The molecule has 1 unspecified atom stereocenters. The standard InChI is InChI=1S/C15H21FN2OS/c1-10-7-18(9-15(2,3)19-10)8-11-4-5-13(16)12(6-11)14(17)20/h4-6,10H,7-9H2,1-3H3,(H2,17,20). The highest BCUT2D eigenvalue weighted by atomic mass is 32.1. The molecule has 2 N–H and O–H groups in total. The highest BCUT2D eigenvalue weighted by Gasteiger charge is 2.31. The largest absolute Gasteiger partial charge is 0.389 e. The molecule has 1 aromatic rings. The summed E-state index contributed by atoms with van der Waals surface area (Å²) < 4.78 is 19.5. The van der Waals surface area contributed by atoms with E-state index < -0.39 is 0 Å². The van der Waals surface area contributed by atoms with E-state index in [-0.39, 0.29) is 22.5 Å². The van der Waals surface area contributed by atoms with Gasteiger partial charge in [0.15, 0.2) is 0 Å². The molecule has 110 valence electrons. The van der Waals surface area contributed by atoms with Gasteiger partial charge >= 0.3 is 0 Å². The third-order valence-electron chi connectivity index (χ3n) is 3.34. The van der Waals surface area contributed by atoms with Crippen molar-refractivity contribution in [3.63, 3.8) is 0 Å². The summed E-state index contributed by atoms with van der Waals surface area (Å²) in [6.45, 7) is 8.69. The summed E-state index contributed by atoms with van der Waals surface area (Å²) >= 11 is 4.87. The van der Waals surface area contributed by atoms with Gasteiger partial charge in [-0.2, -0.15) is 0 Å². The number of rotatable bonds is 3. The quantitative estimate of drug-likeness (QED) is 0.870. The lowest BCUT2D eigenvalue weighted by atomic mass is 10.0. The van der Waals surface area contributed by atoms with Crippen molar-refractivity contribution in [1.82, 2.24) is 4.90 Å². The molecule has 2 rings (SSSR count). The van der Waals surface area contributed by atoms with E-state index in [4.69, 9.17) is 22.7 Å². The van der Waals surface area contributed by atoms with Crippen LogP contribution in [0, 0.1) is 5.82 Å². The molecule has 1 atom stereocenters. The molecule has 0 bridgehead atoms. The van der Waals surface area contributed by atoms with E-state index in [1.807, 2.05) is 0 Å². The summed E-state index contributed by atoms with van der Waals surface area (Å²) in [5.41, 5.74) is 6.71. The minimum Gasteiger partial charge on any atom is -0.389 e. The molecule has 5 heteroatoms. The Kier molecular flexibility index (Phi) is 4.42. The van der Waals surface area contributed by atoms with Crippen molar-refractivity contribution < 1.29 is 9.13 Å². The van der Waals surface area contributed by atoms with Crippen LogP contribution in [0.3, 0.4) is 0 Å². The zero-order chi connectivity index (χ0) is 14.9. The van der Waals surface area contributed by atoms with Crippen molar-refractivity contribution in [3.8, 4) is 0 Å². The molecule has 0 saturated carbocycles. The van der Waals surface area contributed by atoms with Gasteiger partial charge in [0.1, 0.15) is 10.8 Å². The van der Waals surface area contributed by atoms with Crippen LogP contribution < -0.4 is 5.73 Å². The lowest BCUT2D eigenvalue weighted by Crippen LogP contribution is -2.51. The maximum Gasteiger partial charge on any atom is 0.133 e. The first-order valence-corrected chi connectivity index (χ1v) is 7.16. The average Bonchev–Trinajstić information content (AvgIpc) is 2.28. The van der Waals surface area contributed by atoms with Crippen LogP contribution in [0.25, 0.3) is 0 Å². The van der Waals surface area contributed by atoms with Crippen molar-refractivity contribution >= 4 is 17.2 Å². The van der Waals surface area contributed by atoms with Gasteiger partial charge in [0.2, 0.25) is 0 Å². The van der Waals surface area contributed by atoms with Crippen molar-refractivity contribution in [1.29, 1.82) is 0 Å². The summed E-state index contributed by atoms with van der Waals surface area (Å²) in [6.07, 6.45) is 0.189. The average molecular weight is 296 g/mol.